The highest BCUT2D eigenvalue weighted by Crippen LogP contribution is 2.53. The Morgan fingerprint density at radius 1 is 1.08 bits per heavy atom. The van der Waals surface area contributed by atoms with Crippen molar-refractivity contribution in [1.29, 1.82) is 0 Å². The molecule has 1 aliphatic carbocycles. The molecule has 0 radical (unpaired) electrons. The SMILES string of the molecule is O=S1(=O)CC[C@@H]2[C@H]3COC[C@H]3[C@@H]21. The van der Waals surface area contributed by atoms with Crippen molar-refractivity contribution in [3.63, 3.8) is 0 Å². The van der Waals surface area contributed by atoms with Crippen molar-refractivity contribution in [2.45, 2.75) is 11.7 Å². The molecule has 0 aromatic carbocycles. The number of fused-ring (bicyclic) bond motifs is 4. The molecule has 1 saturated carbocycles. The molecule has 2 heterocycles. The molecular weight excluding hydrogens is 176 g/mol. The molecule has 2 aliphatic heterocycles. The van der Waals surface area contributed by atoms with Gasteiger partial charge in [-0.2, -0.15) is 0 Å². The lowest BCUT2D eigenvalue weighted by molar-refractivity contribution is 0.136. The van der Waals surface area contributed by atoms with Gasteiger partial charge in [0, 0.05) is 5.92 Å². The third kappa shape index (κ3) is 0.684. The Kier molecular flexibility index (Phi) is 1.25. The highest BCUT2D eigenvalue weighted by atomic mass is 32.2. The van der Waals surface area contributed by atoms with Crippen molar-refractivity contribution in [2.24, 2.45) is 17.8 Å². The lowest BCUT2D eigenvalue weighted by atomic mass is 9.65. The van der Waals surface area contributed by atoms with Gasteiger partial charge in [0.2, 0.25) is 0 Å². The standard InChI is InChI=1S/C8H12O3S/c9-12(10)2-1-5-6-3-11-4-7(6)8(5)12/h5-8H,1-4H2/t5-,6-,7-,8-/m1/s1. The van der Waals surface area contributed by atoms with E-state index in [1.165, 1.54) is 0 Å². The molecule has 3 rings (SSSR count). The summed E-state index contributed by atoms with van der Waals surface area (Å²) in [6, 6.07) is 0. The van der Waals surface area contributed by atoms with Crippen LogP contribution in [0.3, 0.4) is 0 Å². The van der Waals surface area contributed by atoms with Crippen molar-refractivity contribution in [3.8, 4) is 0 Å². The summed E-state index contributed by atoms with van der Waals surface area (Å²) in [5.41, 5.74) is 0. The van der Waals surface area contributed by atoms with Gasteiger partial charge >= 0.3 is 0 Å². The number of rotatable bonds is 0. The topological polar surface area (TPSA) is 43.4 Å². The van der Waals surface area contributed by atoms with Gasteiger partial charge in [0.15, 0.2) is 9.84 Å². The van der Waals surface area contributed by atoms with Crippen LogP contribution in [0.1, 0.15) is 6.42 Å². The number of hydrogen-bond acceptors (Lipinski definition) is 3. The minimum atomic E-state index is -2.72. The Labute approximate surface area is 72.0 Å². The molecule has 3 fully saturated rings. The Morgan fingerprint density at radius 2 is 1.83 bits per heavy atom. The van der Waals surface area contributed by atoms with Gasteiger partial charge in [0.25, 0.3) is 0 Å². The number of ether oxygens (including phenoxy) is 1. The predicted octanol–water partition coefficient (Wildman–Crippen LogP) is 0.0659. The van der Waals surface area contributed by atoms with Crippen LogP contribution in [-0.2, 0) is 14.6 Å². The Morgan fingerprint density at radius 3 is 2.67 bits per heavy atom. The van der Waals surface area contributed by atoms with Crippen molar-refractivity contribution in [3.05, 3.63) is 0 Å². The van der Waals surface area contributed by atoms with Gasteiger partial charge in [-0.05, 0) is 18.3 Å². The summed E-state index contributed by atoms with van der Waals surface area (Å²) < 4.78 is 28.3. The van der Waals surface area contributed by atoms with Gasteiger partial charge in [-0.1, -0.05) is 0 Å². The average Bonchev–Trinajstić information content (AvgIpc) is 2.40. The molecule has 0 amide bonds. The lowest BCUT2D eigenvalue weighted by Gasteiger charge is -2.41. The molecule has 12 heavy (non-hydrogen) atoms. The second-order valence-corrected chi connectivity index (χ2v) is 6.43. The first-order valence-electron chi connectivity index (χ1n) is 4.49. The van der Waals surface area contributed by atoms with Gasteiger partial charge in [0.1, 0.15) is 0 Å². The normalized spacial score (nSPS) is 54.3. The first-order chi connectivity index (χ1) is 5.70. The molecule has 3 aliphatic rings. The van der Waals surface area contributed by atoms with E-state index < -0.39 is 9.84 Å². The van der Waals surface area contributed by atoms with Crippen LogP contribution in [0.2, 0.25) is 0 Å². The van der Waals surface area contributed by atoms with E-state index in [0.29, 0.717) is 30.1 Å². The van der Waals surface area contributed by atoms with Crippen molar-refractivity contribution in [1.82, 2.24) is 0 Å². The summed E-state index contributed by atoms with van der Waals surface area (Å²) in [7, 11) is -2.72. The molecule has 2 saturated heterocycles. The fraction of sp³-hybridized carbons (Fsp3) is 1.00. The summed E-state index contributed by atoms with van der Waals surface area (Å²) in [5.74, 6) is 1.80. The van der Waals surface area contributed by atoms with E-state index in [1.807, 2.05) is 0 Å². The third-order valence-electron chi connectivity index (χ3n) is 3.71. The monoisotopic (exact) mass is 188 g/mol. The largest absolute Gasteiger partial charge is 0.381 e. The number of hydrogen-bond donors (Lipinski definition) is 0. The Hall–Kier alpha value is -0.0900. The molecule has 0 aromatic heterocycles. The highest BCUT2D eigenvalue weighted by Gasteiger charge is 2.61. The van der Waals surface area contributed by atoms with Crippen molar-refractivity contribution in [2.75, 3.05) is 19.0 Å². The molecule has 4 heteroatoms. The first-order valence-corrected chi connectivity index (χ1v) is 6.21. The van der Waals surface area contributed by atoms with E-state index in [9.17, 15) is 8.42 Å². The zero-order chi connectivity index (χ0) is 8.34. The van der Waals surface area contributed by atoms with E-state index in [-0.39, 0.29) is 5.25 Å². The zero-order valence-electron chi connectivity index (χ0n) is 6.77. The fourth-order valence-corrected chi connectivity index (χ4v) is 5.69. The van der Waals surface area contributed by atoms with Gasteiger partial charge < -0.3 is 4.74 Å². The minimum Gasteiger partial charge on any atom is -0.381 e. The first kappa shape index (κ1) is 7.33. The smallest absolute Gasteiger partial charge is 0.153 e. The average molecular weight is 188 g/mol. The quantitative estimate of drug-likeness (QED) is 0.540. The summed E-state index contributed by atoms with van der Waals surface area (Å²) >= 11 is 0. The van der Waals surface area contributed by atoms with E-state index in [1.54, 1.807) is 0 Å². The maximum absolute atomic E-state index is 11.5. The Bertz CT molecular complexity index is 302. The van der Waals surface area contributed by atoms with E-state index in [2.05, 4.69) is 0 Å². The maximum atomic E-state index is 11.5. The van der Waals surface area contributed by atoms with Crippen LogP contribution < -0.4 is 0 Å². The summed E-state index contributed by atoms with van der Waals surface area (Å²) in [6.45, 7) is 1.49. The van der Waals surface area contributed by atoms with Gasteiger partial charge in [0.05, 0.1) is 24.2 Å². The second-order valence-electron chi connectivity index (χ2n) is 4.15. The minimum absolute atomic E-state index is 0.0231. The van der Waals surface area contributed by atoms with Crippen LogP contribution in [0.5, 0.6) is 0 Å². The molecule has 0 spiro atoms. The van der Waals surface area contributed by atoms with E-state index >= 15 is 0 Å². The molecule has 68 valence electrons. The summed E-state index contributed by atoms with van der Waals surface area (Å²) in [6.07, 6.45) is 0.886. The highest BCUT2D eigenvalue weighted by molar-refractivity contribution is 7.92. The van der Waals surface area contributed by atoms with E-state index in [4.69, 9.17) is 4.74 Å². The van der Waals surface area contributed by atoms with Crippen LogP contribution in [-0.4, -0.2) is 32.6 Å². The van der Waals surface area contributed by atoms with Crippen LogP contribution >= 0.6 is 0 Å². The molecule has 0 aromatic rings. The summed E-state index contributed by atoms with van der Waals surface area (Å²) in [4.78, 5) is 0. The molecule has 3 nitrogen and oxygen atoms in total. The molecule has 0 unspecified atom stereocenters. The summed E-state index contributed by atoms with van der Waals surface area (Å²) in [5, 5.41) is -0.0231. The van der Waals surface area contributed by atoms with E-state index in [0.717, 1.165) is 13.0 Å². The van der Waals surface area contributed by atoms with Gasteiger partial charge in [-0.3, -0.25) is 0 Å². The van der Waals surface area contributed by atoms with Gasteiger partial charge in [-0.15, -0.1) is 0 Å². The second kappa shape index (κ2) is 2.04. The Balaban J connectivity index is 1.97. The van der Waals surface area contributed by atoms with Crippen LogP contribution in [0.25, 0.3) is 0 Å². The van der Waals surface area contributed by atoms with Crippen LogP contribution in [0, 0.1) is 17.8 Å². The number of sulfone groups is 1. The molecule has 0 N–H and O–H groups in total. The van der Waals surface area contributed by atoms with Crippen LogP contribution in [0.15, 0.2) is 0 Å². The van der Waals surface area contributed by atoms with Crippen molar-refractivity contribution < 1.29 is 13.2 Å². The molecular formula is C8H12O3S. The lowest BCUT2D eigenvalue weighted by Crippen LogP contribution is -2.50. The van der Waals surface area contributed by atoms with Gasteiger partial charge in [-0.25, -0.2) is 8.42 Å². The molecule has 4 atom stereocenters. The van der Waals surface area contributed by atoms with Crippen LogP contribution in [0.4, 0.5) is 0 Å². The predicted molar refractivity (Wildman–Crippen MR) is 43.5 cm³/mol. The third-order valence-corrected chi connectivity index (χ3v) is 6.05. The zero-order valence-corrected chi connectivity index (χ0v) is 7.59. The fourth-order valence-electron chi connectivity index (χ4n) is 3.13. The molecule has 0 bridgehead atoms. The maximum Gasteiger partial charge on any atom is 0.153 e. The van der Waals surface area contributed by atoms with Crippen molar-refractivity contribution >= 4 is 9.84 Å².